The van der Waals surface area contributed by atoms with Gasteiger partial charge in [0.25, 0.3) is 0 Å². The first-order valence-corrected chi connectivity index (χ1v) is 5.09. The first kappa shape index (κ1) is 10.6. The number of imidazole rings is 1. The van der Waals surface area contributed by atoms with Crippen molar-refractivity contribution in [2.24, 2.45) is 0 Å². The zero-order valence-corrected chi connectivity index (χ0v) is 9.46. The summed E-state index contributed by atoms with van der Waals surface area (Å²) in [4.78, 5) is 11.9. The lowest BCUT2D eigenvalue weighted by Crippen LogP contribution is -2.02. The van der Waals surface area contributed by atoms with E-state index < -0.39 is 0 Å². The van der Waals surface area contributed by atoms with Crippen LogP contribution in [0.3, 0.4) is 0 Å². The quantitative estimate of drug-likeness (QED) is 0.615. The maximum atomic E-state index is 5.86. The van der Waals surface area contributed by atoms with Crippen molar-refractivity contribution in [1.29, 1.82) is 0 Å². The van der Waals surface area contributed by atoms with Gasteiger partial charge in [0.2, 0.25) is 5.28 Å². The van der Waals surface area contributed by atoms with E-state index in [-0.39, 0.29) is 10.4 Å². The average Bonchev–Trinajstić information content (AvgIpc) is 2.58. The second-order valence-corrected chi connectivity index (χ2v) is 3.49. The number of ether oxygens (including phenoxy) is 1. The number of halogens is 2. The molecule has 2 aromatic rings. The summed E-state index contributed by atoms with van der Waals surface area (Å²) in [6.07, 6.45) is 1.59. The number of hydrogen-bond acceptors (Lipinski definition) is 4. The fraction of sp³-hybridized carbons (Fsp3) is 0.375. The maximum Gasteiger partial charge on any atom is 0.225 e. The Bertz CT molecular complexity index is 485. The number of nitrogens with zero attached hydrogens (tertiary/aromatic N) is 4. The molecule has 0 saturated carbocycles. The van der Waals surface area contributed by atoms with Crippen molar-refractivity contribution in [1.82, 2.24) is 19.5 Å². The summed E-state index contributed by atoms with van der Waals surface area (Å²) >= 11 is 11.6. The van der Waals surface area contributed by atoms with Gasteiger partial charge in [-0.3, -0.25) is 4.57 Å². The van der Waals surface area contributed by atoms with Gasteiger partial charge in [-0.1, -0.05) is 11.6 Å². The molecule has 0 radical (unpaired) electrons. The smallest absolute Gasteiger partial charge is 0.225 e. The highest BCUT2D eigenvalue weighted by Crippen LogP contribution is 2.20. The molecular weight excluding hydrogens is 239 g/mol. The molecule has 2 rings (SSSR count). The molecule has 0 bridgehead atoms. The van der Waals surface area contributed by atoms with Crippen LogP contribution in [0.1, 0.15) is 6.92 Å². The monoisotopic (exact) mass is 246 g/mol. The third-order valence-electron chi connectivity index (χ3n) is 1.83. The van der Waals surface area contributed by atoms with Gasteiger partial charge in [0.15, 0.2) is 10.8 Å². The highest BCUT2D eigenvalue weighted by Gasteiger charge is 2.10. The number of rotatable bonds is 3. The van der Waals surface area contributed by atoms with Crippen LogP contribution in [0.15, 0.2) is 6.33 Å². The van der Waals surface area contributed by atoms with E-state index in [1.54, 1.807) is 10.9 Å². The van der Waals surface area contributed by atoms with Crippen molar-refractivity contribution in [3.63, 3.8) is 0 Å². The van der Waals surface area contributed by atoms with E-state index in [9.17, 15) is 0 Å². The maximum absolute atomic E-state index is 5.86. The van der Waals surface area contributed by atoms with E-state index in [1.165, 1.54) is 0 Å². The molecule has 0 saturated heterocycles. The minimum Gasteiger partial charge on any atom is -0.361 e. The lowest BCUT2D eigenvalue weighted by Gasteiger charge is -2.02. The lowest BCUT2D eigenvalue weighted by molar-refractivity contribution is 0.0901. The van der Waals surface area contributed by atoms with Gasteiger partial charge >= 0.3 is 0 Å². The van der Waals surface area contributed by atoms with Gasteiger partial charge in [-0.15, -0.1) is 0 Å². The summed E-state index contributed by atoms with van der Waals surface area (Å²) in [6, 6.07) is 0. The molecule has 0 aliphatic carbocycles. The highest BCUT2D eigenvalue weighted by atomic mass is 35.5. The van der Waals surface area contributed by atoms with Gasteiger partial charge in [0.1, 0.15) is 12.2 Å². The van der Waals surface area contributed by atoms with Crippen molar-refractivity contribution >= 4 is 34.4 Å². The molecule has 0 N–H and O–H groups in total. The van der Waals surface area contributed by atoms with Crippen LogP contribution in [0.4, 0.5) is 0 Å². The average molecular weight is 247 g/mol. The predicted molar refractivity (Wildman–Crippen MR) is 57.0 cm³/mol. The largest absolute Gasteiger partial charge is 0.361 e. The Hall–Kier alpha value is -0.910. The van der Waals surface area contributed by atoms with Gasteiger partial charge in [0.05, 0.1) is 6.33 Å². The van der Waals surface area contributed by atoms with Gasteiger partial charge in [-0.05, 0) is 18.5 Å². The van der Waals surface area contributed by atoms with Crippen molar-refractivity contribution < 1.29 is 4.74 Å². The minimum absolute atomic E-state index is 0.103. The van der Waals surface area contributed by atoms with E-state index in [1.807, 2.05) is 6.92 Å². The Labute approximate surface area is 96.0 Å². The van der Waals surface area contributed by atoms with Crippen LogP contribution in [-0.2, 0) is 11.5 Å². The molecule has 80 valence electrons. The van der Waals surface area contributed by atoms with Crippen molar-refractivity contribution in [3.8, 4) is 0 Å². The molecule has 15 heavy (non-hydrogen) atoms. The zero-order valence-electron chi connectivity index (χ0n) is 7.94. The third-order valence-corrected chi connectivity index (χ3v) is 2.26. The SMILES string of the molecule is CCOCn1cnc2c(Cl)nc(Cl)nc21. The van der Waals surface area contributed by atoms with Crippen LogP contribution < -0.4 is 0 Å². The standard InChI is InChI=1S/C8H8Cl2N4O/c1-2-15-4-14-3-11-5-6(9)12-8(10)13-7(5)14/h3H,2,4H2,1H3. The van der Waals surface area contributed by atoms with Gasteiger partial charge in [-0.2, -0.15) is 4.98 Å². The molecule has 0 aliphatic heterocycles. The Morgan fingerprint density at radius 3 is 2.93 bits per heavy atom. The van der Waals surface area contributed by atoms with Crippen LogP contribution in [0, 0.1) is 0 Å². The molecular formula is C8H8Cl2N4O. The van der Waals surface area contributed by atoms with Gasteiger partial charge < -0.3 is 4.74 Å². The van der Waals surface area contributed by atoms with Crippen LogP contribution in [0.25, 0.3) is 11.2 Å². The molecule has 0 aliphatic rings. The molecule has 7 heteroatoms. The Kier molecular flexibility index (Phi) is 3.04. The molecule has 0 spiro atoms. The minimum atomic E-state index is 0.103. The van der Waals surface area contributed by atoms with E-state index >= 15 is 0 Å². The summed E-state index contributed by atoms with van der Waals surface area (Å²) in [7, 11) is 0. The molecule has 0 aromatic carbocycles. The Morgan fingerprint density at radius 1 is 1.40 bits per heavy atom. The number of hydrogen-bond donors (Lipinski definition) is 0. The topological polar surface area (TPSA) is 52.8 Å². The van der Waals surface area contributed by atoms with Crippen LogP contribution in [0.2, 0.25) is 10.4 Å². The van der Waals surface area contributed by atoms with Crippen molar-refractivity contribution in [2.75, 3.05) is 6.61 Å². The second-order valence-electron chi connectivity index (χ2n) is 2.79. The van der Waals surface area contributed by atoms with Crippen LogP contribution in [-0.4, -0.2) is 26.1 Å². The summed E-state index contributed by atoms with van der Waals surface area (Å²) in [5.41, 5.74) is 1.11. The summed E-state index contributed by atoms with van der Waals surface area (Å²) < 4.78 is 6.96. The van der Waals surface area contributed by atoms with Crippen molar-refractivity contribution in [3.05, 3.63) is 16.8 Å². The Morgan fingerprint density at radius 2 is 2.20 bits per heavy atom. The third kappa shape index (κ3) is 2.04. The number of fused-ring (bicyclic) bond motifs is 1. The van der Waals surface area contributed by atoms with Crippen molar-refractivity contribution in [2.45, 2.75) is 13.7 Å². The fourth-order valence-corrected chi connectivity index (χ4v) is 1.59. The number of aromatic nitrogens is 4. The zero-order chi connectivity index (χ0) is 10.8. The van der Waals surface area contributed by atoms with Gasteiger partial charge in [-0.25, -0.2) is 9.97 Å². The van der Waals surface area contributed by atoms with Gasteiger partial charge in [0, 0.05) is 6.61 Å². The molecule has 0 fully saturated rings. The lowest BCUT2D eigenvalue weighted by atomic mass is 10.5. The Balaban J connectivity index is 2.49. The molecule has 0 amide bonds. The highest BCUT2D eigenvalue weighted by molar-refractivity contribution is 6.35. The molecule has 5 nitrogen and oxygen atoms in total. The first-order valence-electron chi connectivity index (χ1n) is 4.34. The summed E-state index contributed by atoms with van der Waals surface area (Å²) in [5.74, 6) is 0. The normalized spacial score (nSPS) is 11.1. The van der Waals surface area contributed by atoms with E-state index in [2.05, 4.69) is 15.0 Å². The van der Waals surface area contributed by atoms with E-state index in [0.717, 1.165) is 0 Å². The molecule has 0 unspecified atom stereocenters. The van der Waals surface area contributed by atoms with Crippen LogP contribution in [0.5, 0.6) is 0 Å². The summed E-state index contributed by atoms with van der Waals surface area (Å²) in [5, 5.41) is 0.353. The predicted octanol–water partition coefficient (Wildman–Crippen LogP) is 2.13. The first-order chi connectivity index (χ1) is 7.22. The molecule has 0 atom stereocenters. The fourth-order valence-electron chi connectivity index (χ4n) is 1.17. The summed E-state index contributed by atoms with van der Waals surface area (Å²) in [6.45, 7) is 2.90. The molecule has 2 heterocycles. The van der Waals surface area contributed by atoms with E-state index in [0.29, 0.717) is 24.5 Å². The van der Waals surface area contributed by atoms with E-state index in [4.69, 9.17) is 27.9 Å². The van der Waals surface area contributed by atoms with Crippen LogP contribution >= 0.6 is 23.2 Å². The second kappa shape index (κ2) is 4.30. The molecule has 2 aromatic heterocycles.